The molecule has 0 saturated heterocycles. The lowest BCUT2D eigenvalue weighted by atomic mass is 10.2. The summed E-state index contributed by atoms with van der Waals surface area (Å²) in [4.78, 5) is 3.83. The van der Waals surface area contributed by atoms with E-state index in [4.69, 9.17) is 26.5 Å². The standard InChI is InChI=1S/C12H13ClN2O2/c1-7(2)16-10-4-3-8(5-9(10)13)11-6-15-12(14)17-11/h3-7H,1-2H3,(H2,14,15). The van der Waals surface area contributed by atoms with Gasteiger partial charge < -0.3 is 14.9 Å². The molecular formula is C12H13ClN2O2. The third-order valence-electron chi connectivity index (χ3n) is 2.10. The van der Waals surface area contributed by atoms with E-state index in [9.17, 15) is 0 Å². The van der Waals surface area contributed by atoms with Gasteiger partial charge in [0.25, 0.3) is 6.01 Å². The fourth-order valence-corrected chi connectivity index (χ4v) is 1.65. The van der Waals surface area contributed by atoms with Crippen molar-refractivity contribution >= 4 is 17.6 Å². The van der Waals surface area contributed by atoms with Gasteiger partial charge in [0, 0.05) is 5.56 Å². The zero-order valence-corrected chi connectivity index (χ0v) is 10.4. The number of hydrogen-bond acceptors (Lipinski definition) is 4. The summed E-state index contributed by atoms with van der Waals surface area (Å²) >= 11 is 6.11. The molecule has 0 amide bonds. The van der Waals surface area contributed by atoms with Gasteiger partial charge in [-0.15, -0.1) is 0 Å². The molecule has 0 aliphatic heterocycles. The van der Waals surface area contributed by atoms with Crippen LogP contribution in [0.25, 0.3) is 11.3 Å². The van der Waals surface area contributed by atoms with E-state index >= 15 is 0 Å². The first-order chi connectivity index (χ1) is 8.06. The first-order valence-electron chi connectivity index (χ1n) is 5.24. The number of oxazole rings is 1. The number of nitrogens with zero attached hydrogens (tertiary/aromatic N) is 1. The summed E-state index contributed by atoms with van der Waals surface area (Å²) in [7, 11) is 0. The molecule has 2 rings (SSSR count). The number of aromatic nitrogens is 1. The smallest absolute Gasteiger partial charge is 0.292 e. The highest BCUT2D eigenvalue weighted by molar-refractivity contribution is 6.32. The largest absolute Gasteiger partial charge is 0.489 e. The number of anilines is 1. The highest BCUT2D eigenvalue weighted by Crippen LogP contribution is 2.31. The average Bonchev–Trinajstić information content (AvgIpc) is 2.67. The zero-order chi connectivity index (χ0) is 12.4. The van der Waals surface area contributed by atoms with E-state index < -0.39 is 0 Å². The predicted molar refractivity (Wildman–Crippen MR) is 67.1 cm³/mol. The van der Waals surface area contributed by atoms with Crippen LogP contribution in [-0.4, -0.2) is 11.1 Å². The molecule has 0 saturated carbocycles. The number of hydrogen-bond donors (Lipinski definition) is 1. The number of benzene rings is 1. The van der Waals surface area contributed by atoms with Gasteiger partial charge >= 0.3 is 0 Å². The van der Waals surface area contributed by atoms with Gasteiger partial charge in [-0.3, -0.25) is 0 Å². The van der Waals surface area contributed by atoms with Gasteiger partial charge in [-0.2, -0.15) is 0 Å². The molecule has 4 nitrogen and oxygen atoms in total. The SMILES string of the molecule is CC(C)Oc1ccc(-c2cnc(N)o2)cc1Cl. The summed E-state index contributed by atoms with van der Waals surface area (Å²) in [5.74, 6) is 1.23. The van der Waals surface area contributed by atoms with Crippen LogP contribution in [0.1, 0.15) is 13.8 Å². The lowest BCUT2D eigenvalue weighted by Crippen LogP contribution is -2.05. The highest BCUT2D eigenvalue weighted by Gasteiger charge is 2.09. The zero-order valence-electron chi connectivity index (χ0n) is 9.61. The number of ether oxygens (including phenoxy) is 1. The van der Waals surface area contributed by atoms with Gasteiger partial charge in [0.15, 0.2) is 5.76 Å². The molecule has 90 valence electrons. The molecule has 0 spiro atoms. The van der Waals surface area contributed by atoms with E-state index in [1.807, 2.05) is 19.9 Å². The van der Waals surface area contributed by atoms with Crippen LogP contribution in [-0.2, 0) is 0 Å². The second-order valence-electron chi connectivity index (χ2n) is 3.87. The van der Waals surface area contributed by atoms with E-state index in [2.05, 4.69) is 4.98 Å². The Morgan fingerprint density at radius 3 is 2.71 bits per heavy atom. The molecule has 0 aliphatic rings. The maximum Gasteiger partial charge on any atom is 0.292 e. The molecule has 1 aromatic carbocycles. The number of nitrogen functional groups attached to an aromatic ring is 1. The van der Waals surface area contributed by atoms with Crippen molar-refractivity contribution in [1.29, 1.82) is 0 Å². The van der Waals surface area contributed by atoms with Crippen LogP contribution in [0.3, 0.4) is 0 Å². The fraction of sp³-hybridized carbons (Fsp3) is 0.250. The summed E-state index contributed by atoms with van der Waals surface area (Å²) < 4.78 is 10.8. The molecule has 2 N–H and O–H groups in total. The Labute approximate surface area is 104 Å². The lowest BCUT2D eigenvalue weighted by molar-refractivity contribution is 0.242. The van der Waals surface area contributed by atoms with E-state index in [1.54, 1.807) is 18.3 Å². The van der Waals surface area contributed by atoms with E-state index in [1.165, 1.54) is 0 Å². The molecule has 0 fully saturated rings. The summed E-state index contributed by atoms with van der Waals surface area (Å²) in [6.07, 6.45) is 1.64. The van der Waals surface area contributed by atoms with Crippen molar-refractivity contribution < 1.29 is 9.15 Å². The Bertz CT molecular complexity index is 523. The third-order valence-corrected chi connectivity index (χ3v) is 2.40. The van der Waals surface area contributed by atoms with Crippen LogP contribution in [0, 0.1) is 0 Å². The normalized spacial score (nSPS) is 10.8. The van der Waals surface area contributed by atoms with Crippen molar-refractivity contribution in [1.82, 2.24) is 4.98 Å². The van der Waals surface area contributed by atoms with Gasteiger partial charge in [-0.1, -0.05) is 11.6 Å². The van der Waals surface area contributed by atoms with E-state index in [-0.39, 0.29) is 12.1 Å². The molecule has 1 heterocycles. The molecule has 0 unspecified atom stereocenters. The van der Waals surface area contributed by atoms with Crippen LogP contribution in [0.5, 0.6) is 5.75 Å². The molecule has 0 atom stereocenters. The Kier molecular flexibility index (Phi) is 3.24. The summed E-state index contributed by atoms with van der Waals surface area (Å²) in [5, 5.41) is 0.533. The minimum atomic E-state index is 0.0827. The van der Waals surface area contributed by atoms with Gasteiger partial charge in [-0.25, -0.2) is 4.98 Å². The Balaban J connectivity index is 2.30. The molecule has 2 aromatic rings. The highest BCUT2D eigenvalue weighted by atomic mass is 35.5. The van der Waals surface area contributed by atoms with Crippen LogP contribution in [0.2, 0.25) is 5.02 Å². The van der Waals surface area contributed by atoms with Crippen molar-refractivity contribution in [2.45, 2.75) is 20.0 Å². The molecular weight excluding hydrogens is 240 g/mol. The van der Waals surface area contributed by atoms with E-state index in [0.29, 0.717) is 16.5 Å². The van der Waals surface area contributed by atoms with Crippen molar-refractivity contribution in [3.8, 4) is 17.1 Å². The van der Waals surface area contributed by atoms with Gasteiger partial charge in [0.05, 0.1) is 17.3 Å². The first-order valence-corrected chi connectivity index (χ1v) is 5.62. The topological polar surface area (TPSA) is 61.3 Å². The number of rotatable bonds is 3. The van der Waals surface area contributed by atoms with Crippen molar-refractivity contribution in [3.05, 3.63) is 29.4 Å². The molecule has 17 heavy (non-hydrogen) atoms. The molecule has 0 bridgehead atoms. The molecule has 5 heteroatoms. The monoisotopic (exact) mass is 252 g/mol. The van der Waals surface area contributed by atoms with Crippen molar-refractivity contribution in [2.75, 3.05) is 5.73 Å². The van der Waals surface area contributed by atoms with Crippen LogP contribution < -0.4 is 10.5 Å². The Morgan fingerprint density at radius 2 is 2.18 bits per heavy atom. The minimum absolute atomic E-state index is 0.0827. The third kappa shape index (κ3) is 2.71. The summed E-state index contributed by atoms with van der Waals surface area (Å²) in [6.45, 7) is 3.89. The quantitative estimate of drug-likeness (QED) is 0.910. The summed E-state index contributed by atoms with van der Waals surface area (Å²) in [5.41, 5.74) is 6.23. The van der Waals surface area contributed by atoms with Gasteiger partial charge in [0.2, 0.25) is 0 Å². The molecule has 0 aliphatic carbocycles. The number of nitrogens with two attached hydrogens (primary N) is 1. The average molecular weight is 253 g/mol. The van der Waals surface area contributed by atoms with E-state index in [0.717, 1.165) is 5.56 Å². The van der Waals surface area contributed by atoms with Crippen molar-refractivity contribution in [3.63, 3.8) is 0 Å². The van der Waals surface area contributed by atoms with Crippen LogP contribution in [0.15, 0.2) is 28.8 Å². The lowest BCUT2D eigenvalue weighted by Gasteiger charge is -2.11. The second kappa shape index (κ2) is 4.67. The second-order valence-corrected chi connectivity index (χ2v) is 4.28. The van der Waals surface area contributed by atoms with Crippen molar-refractivity contribution in [2.24, 2.45) is 0 Å². The maximum absolute atomic E-state index is 6.11. The fourth-order valence-electron chi connectivity index (χ4n) is 1.42. The predicted octanol–water partition coefficient (Wildman–Crippen LogP) is 3.36. The summed E-state index contributed by atoms with van der Waals surface area (Å²) in [6, 6.07) is 5.55. The molecule has 0 radical (unpaired) electrons. The first kappa shape index (κ1) is 11.8. The van der Waals surface area contributed by atoms with Crippen LogP contribution >= 0.6 is 11.6 Å². The van der Waals surface area contributed by atoms with Gasteiger partial charge in [0.1, 0.15) is 5.75 Å². The van der Waals surface area contributed by atoms with Crippen LogP contribution in [0.4, 0.5) is 6.01 Å². The minimum Gasteiger partial charge on any atom is -0.489 e. The Morgan fingerprint density at radius 1 is 1.41 bits per heavy atom. The van der Waals surface area contributed by atoms with Gasteiger partial charge in [-0.05, 0) is 32.0 Å². The maximum atomic E-state index is 6.11. The Hall–Kier alpha value is -1.68. The number of halogens is 1. The molecule has 1 aromatic heterocycles.